The van der Waals surface area contributed by atoms with E-state index in [-0.39, 0.29) is 12.0 Å². The van der Waals surface area contributed by atoms with Crippen molar-refractivity contribution in [3.63, 3.8) is 0 Å². The molecule has 74 valence electrons. The Bertz CT molecular complexity index is 304. The lowest BCUT2D eigenvalue weighted by atomic mass is 10.2. The van der Waals surface area contributed by atoms with Crippen molar-refractivity contribution in [3.8, 4) is 5.75 Å². The maximum atomic E-state index is 11.5. The van der Waals surface area contributed by atoms with Crippen molar-refractivity contribution in [2.75, 3.05) is 6.54 Å². The second-order valence-electron chi connectivity index (χ2n) is 3.38. The molecule has 1 fully saturated rings. The number of esters is 1. The Kier molecular flexibility index (Phi) is 2.79. The van der Waals surface area contributed by atoms with E-state index in [0.29, 0.717) is 5.75 Å². The molecule has 2 rings (SSSR count). The van der Waals surface area contributed by atoms with E-state index in [4.69, 9.17) is 4.74 Å². The van der Waals surface area contributed by atoms with Gasteiger partial charge in [-0.15, -0.1) is 0 Å². The summed E-state index contributed by atoms with van der Waals surface area (Å²) >= 11 is 0. The quantitative estimate of drug-likeness (QED) is 0.566. The summed E-state index contributed by atoms with van der Waals surface area (Å²) in [5.74, 6) is 0.444. The summed E-state index contributed by atoms with van der Waals surface area (Å²) in [5.41, 5.74) is 0. The predicted octanol–water partition coefficient (Wildman–Crippen LogP) is 1.34. The lowest BCUT2D eigenvalue weighted by Crippen LogP contribution is -2.34. The number of para-hydroxylation sites is 1. The van der Waals surface area contributed by atoms with E-state index in [1.807, 2.05) is 18.2 Å². The van der Waals surface area contributed by atoms with Gasteiger partial charge in [0, 0.05) is 0 Å². The second-order valence-corrected chi connectivity index (χ2v) is 3.38. The SMILES string of the molecule is O=C(Oc1ccccc1)[C@@H]1CCCN1. The number of ether oxygens (including phenoxy) is 1. The zero-order valence-corrected chi connectivity index (χ0v) is 7.90. The number of nitrogens with one attached hydrogen (secondary N) is 1. The molecule has 1 aliphatic heterocycles. The molecule has 3 nitrogen and oxygen atoms in total. The number of benzene rings is 1. The molecule has 1 N–H and O–H groups in total. The first-order valence-electron chi connectivity index (χ1n) is 4.86. The van der Waals surface area contributed by atoms with Crippen LogP contribution >= 0.6 is 0 Å². The molecule has 0 bridgehead atoms. The topological polar surface area (TPSA) is 38.3 Å². The Hall–Kier alpha value is -1.35. The zero-order valence-electron chi connectivity index (χ0n) is 7.90. The van der Waals surface area contributed by atoms with Gasteiger partial charge in [-0.3, -0.25) is 0 Å². The van der Waals surface area contributed by atoms with Gasteiger partial charge in [-0.2, -0.15) is 0 Å². The molecular formula is C11H13NO2. The third-order valence-corrected chi connectivity index (χ3v) is 2.31. The molecular weight excluding hydrogens is 178 g/mol. The number of carbonyl (C=O) groups excluding carboxylic acids is 1. The third kappa shape index (κ3) is 2.12. The summed E-state index contributed by atoms with van der Waals surface area (Å²) in [7, 11) is 0. The molecule has 1 saturated heterocycles. The molecule has 1 atom stereocenters. The summed E-state index contributed by atoms with van der Waals surface area (Å²) < 4.78 is 5.20. The Morgan fingerprint density at radius 3 is 2.79 bits per heavy atom. The lowest BCUT2D eigenvalue weighted by molar-refractivity contribution is -0.136. The number of carbonyl (C=O) groups is 1. The molecule has 0 saturated carbocycles. The molecule has 1 aliphatic rings. The van der Waals surface area contributed by atoms with Gasteiger partial charge in [-0.1, -0.05) is 18.2 Å². The van der Waals surface area contributed by atoms with Crippen molar-refractivity contribution in [2.45, 2.75) is 18.9 Å². The van der Waals surface area contributed by atoms with Gasteiger partial charge in [0.05, 0.1) is 0 Å². The molecule has 0 aromatic heterocycles. The fraction of sp³-hybridized carbons (Fsp3) is 0.364. The number of hydrogen-bond acceptors (Lipinski definition) is 3. The van der Waals surface area contributed by atoms with Crippen LogP contribution < -0.4 is 10.1 Å². The van der Waals surface area contributed by atoms with Crippen molar-refractivity contribution < 1.29 is 9.53 Å². The molecule has 0 aliphatic carbocycles. The first-order chi connectivity index (χ1) is 6.86. The summed E-state index contributed by atoms with van der Waals surface area (Å²) in [4.78, 5) is 11.5. The highest BCUT2D eigenvalue weighted by molar-refractivity contribution is 5.78. The van der Waals surface area contributed by atoms with E-state index in [0.717, 1.165) is 19.4 Å². The van der Waals surface area contributed by atoms with Gasteiger partial charge in [-0.05, 0) is 31.5 Å². The standard InChI is InChI=1S/C11H13NO2/c13-11(10-7-4-8-12-10)14-9-5-2-1-3-6-9/h1-3,5-6,10,12H,4,7-8H2/t10-/m0/s1. The molecule has 1 aromatic rings. The Labute approximate surface area is 83.1 Å². The van der Waals surface area contributed by atoms with E-state index in [9.17, 15) is 4.79 Å². The molecule has 1 aromatic carbocycles. The normalized spacial score (nSPS) is 20.7. The molecule has 3 heteroatoms. The minimum atomic E-state index is -0.172. The first-order valence-corrected chi connectivity index (χ1v) is 4.86. The minimum absolute atomic E-state index is 0.116. The van der Waals surface area contributed by atoms with Crippen LogP contribution in [0.4, 0.5) is 0 Å². The van der Waals surface area contributed by atoms with Crippen molar-refractivity contribution in [2.24, 2.45) is 0 Å². The Morgan fingerprint density at radius 2 is 2.14 bits per heavy atom. The average Bonchev–Trinajstić information content (AvgIpc) is 2.72. The van der Waals surface area contributed by atoms with Crippen LogP contribution in [0.15, 0.2) is 30.3 Å². The van der Waals surface area contributed by atoms with Gasteiger partial charge in [0.1, 0.15) is 11.8 Å². The Balaban J connectivity index is 1.94. The van der Waals surface area contributed by atoms with E-state index in [1.54, 1.807) is 12.1 Å². The zero-order chi connectivity index (χ0) is 9.80. The largest absolute Gasteiger partial charge is 0.425 e. The van der Waals surface area contributed by atoms with Crippen LogP contribution in [0.1, 0.15) is 12.8 Å². The molecule has 14 heavy (non-hydrogen) atoms. The van der Waals surface area contributed by atoms with Gasteiger partial charge in [0.15, 0.2) is 0 Å². The van der Waals surface area contributed by atoms with Crippen LogP contribution in [0.3, 0.4) is 0 Å². The molecule has 0 spiro atoms. The lowest BCUT2D eigenvalue weighted by Gasteiger charge is -2.09. The summed E-state index contributed by atoms with van der Waals surface area (Å²) in [5, 5.41) is 3.10. The number of rotatable bonds is 2. The molecule has 0 amide bonds. The summed E-state index contributed by atoms with van der Waals surface area (Å²) in [6.45, 7) is 0.911. The first kappa shape index (κ1) is 9.21. The van der Waals surface area contributed by atoms with Crippen LogP contribution in [0.2, 0.25) is 0 Å². The van der Waals surface area contributed by atoms with Crippen LogP contribution in [-0.2, 0) is 4.79 Å². The van der Waals surface area contributed by atoms with Crippen molar-refractivity contribution >= 4 is 5.97 Å². The molecule has 0 radical (unpaired) electrons. The fourth-order valence-corrected chi connectivity index (χ4v) is 1.56. The summed E-state index contributed by atoms with van der Waals surface area (Å²) in [6.07, 6.45) is 1.93. The van der Waals surface area contributed by atoms with Crippen molar-refractivity contribution in [3.05, 3.63) is 30.3 Å². The van der Waals surface area contributed by atoms with E-state index in [1.165, 1.54) is 0 Å². The van der Waals surface area contributed by atoms with Crippen molar-refractivity contribution in [1.29, 1.82) is 0 Å². The highest BCUT2D eigenvalue weighted by atomic mass is 16.5. The van der Waals surface area contributed by atoms with Gasteiger partial charge < -0.3 is 10.1 Å². The average molecular weight is 191 g/mol. The predicted molar refractivity (Wildman–Crippen MR) is 53.1 cm³/mol. The Morgan fingerprint density at radius 1 is 1.36 bits per heavy atom. The maximum Gasteiger partial charge on any atom is 0.328 e. The highest BCUT2D eigenvalue weighted by Crippen LogP contribution is 2.12. The highest BCUT2D eigenvalue weighted by Gasteiger charge is 2.23. The second kappa shape index (κ2) is 4.24. The minimum Gasteiger partial charge on any atom is -0.425 e. The van der Waals surface area contributed by atoms with Crippen LogP contribution in [-0.4, -0.2) is 18.6 Å². The van der Waals surface area contributed by atoms with Gasteiger partial charge in [-0.25, -0.2) is 4.79 Å². The van der Waals surface area contributed by atoms with Crippen molar-refractivity contribution in [1.82, 2.24) is 5.32 Å². The van der Waals surface area contributed by atoms with E-state index >= 15 is 0 Å². The van der Waals surface area contributed by atoms with Gasteiger partial charge >= 0.3 is 5.97 Å². The van der Waals surface area contributed by atoms with Crippen LogP contribution in [0, 0.1) is 0 Å². The van der Waals surface area contributed by atoms with Crippen LogP contribution in [0.5, 0.6) is 5.75 Å². The summed E-state index contributed by atoms with van der Waals surface area (Å²) in [6, 6.07) is 9.05. The van der Waals surface area contributed by atoms with Crippen LogP contribution in [0.25, 0.3) is 0 Å². The van der Waals surface area contributed by atoms with E-state index < -0.39 is 0 Å². The molecule has 0 unspecified atom stereocenters. The maximum absolute atomic E-state index is 11.5. The number of hydrogen-bond donors (Lipinski definition) is 1. The third-order valence-electron chi connectivity index (χ3n) is 2.31. The van der Waals surface area contributed by atoms with E-state index in [2.05, 4.69) is 5.32 Å². The molecule has 1 heterocycles. The van der Waals surface area contributed by atoms with Gasteiger partial charge in [0.25, 0.3) is 0 Å². The van der Waals surface area contributed by atoms with Gasteiger partial charge in [0.2, 0.25) is 0 Å². The smallest absolute Gasteiger partial charge is 0.328 e. The monoisotopic (exact) mass is 191 g/mol. The fourth-order valence-electron chi connectivity index (χ4n) is 1.56.